The van der Waals surface area contributed by atoms with Crippen molar-refractivity contribution in [2.24, 2.45) is 11.8 Å². The zero-order valence-electron chi connectivity index (χ0n) is 6.76. The van der Waals surface area contributed by atoms with Crippen LogP contribution in [-0.2, 0) is 0 Å². The van der Waals surface area contributed by atoms with Crippen molar-refractivity contribution in [3.63, 3.8) is 0 Å². The zero-order valence-corrected chi connectivity index (χ0v) is 6.76. The molecular formula is C8H13F2NO. The van der Waals surface area contributed by atoms with Gasteiger partial charge in [0.25, 0.3) is 5.92 Å². The number of aliphatic hydroxyl groups is 1. The third kappa shape index (κ3) is 1.45. The first-order valence-electron chi connectivity index (χ1n) is 4.36. The molecule has 4 heteroatoms. The molecule has 0 bridgehead atoms. The molecule has 0 spiro atoms. The van der Waals surface area contributed by atoms with Crippen LogP contribution in [-0.4, -0.2) is 30.2 Å². The molecule has 0 aromatic heterocycles. The molecule has 0 aromatic carbocycles. The molecule has 12 heavy (non-hydrogen) atoms. The van der Waals surface area contributed by atoms with Gasteiger partial charge in [0.15, 0.2) is 0 Å². The van der Waals surface area contributed by atoms with Crippen LogP contribution in [0.5, 0.6) is 0 Å². The highest BCUT2D eigenvalue weighted by molar-refractivity contribution is 5.01. The SMILES string of the molecule is O[C@@H]1CNC[C@H](C2CC2(F)F)C1. The van der Waals surface area contributed by atoms with E-state index < -0.39 is 17.9 Å². The van der Waals surface area contributed by atoms with Gasteiger partial charge >= 0.3 is 0 Å². The molecule has 1 aliphatic carbocycles. The summed E-state index contributed by atoms with van der Waals surface area (Å²) in [5, 5.41) is 12.2. The molecule has 70 valence electrons. The lowest BCUT2D eigenvalue weighted by molar-refractivity contribution is 0.0565. The van der Waals surface area contributed by atoms with Crippen molar-refractivity contribution >= 4 is 0 Å². The van der Waals surface area contributed by atoms with Crippen molar-refractivity contribution in [2.45, 2.75) is 24.9 Å². The molecular weight excluding hydrogens is 164 g/mol. The molecule has 1 saturated heterocycles. The maximum absolute atomic E-state index is 12.6. The molecule has 2 aliphatic rings. The summed E-state index contributed by atoms with van der Waals surface area (Å²) >= 11 is 0. The molecule has 2 nitrogen and oxygen atoms in total. The van der Waals surface area contributed by atoms with Gasteiger partial charge in [-0.25, -0.2) is 8.78 Å². The molecule has 2 rings (SSSR count). The lowest BCUT2D eigenvalue weighted by atomic mass is 9.93. The van der Waals surface area contributed by atoms with E-state index in [1.54, 1.807) is 0 Å². The largest absolute Gasteiger partial charge is 0.392 e. The van der Waals surface area contributed by atoms with Gasteiger partial charge < -0.3 is 10.4 Å². The minimum atomic E-state index is -2.44. The molecule has 1 saturated carbocycles. The normalized spacial score (nSPS) is 45.8. The van der Waals surface area contributed by atoms with E-state index in [-0.39, 0.29) is 12.3 Å². The summed E-state index contributed by atoms with van der Waals surface area (Å²) in [7, 11) is 0. The van der Waals surface area contributed by atoms with Crippen molar-refractivity contribution in [3.05, 3.63) is 0 Å². The first-order valence-corrected chi connectivity index (χ1v) is 4.36. The Kier molecular flexibility index (Phi) is 1.84. The Balaban J connectivity index is 1.89. The van der Waals surface area contributed by atoms with Crippen LogP contribution in [0.1, 0.15) is 12.8 Å². The third-order valence-corrected chi connectivity index (χ3v) is 2.80. The molecule has 2 fully saturated rings. The van der Waals surface area contributed by atoms with Gasteiger partial charge in [0.1, 0.15) is 0 Å². The van der Waals surface area contributed by atoms with E-state index in [1.165, 1.54) is 0 Å². The van der Waals surface area contributed by atoms with Gasteiger partial charge in [0.2, 0.25) is 0 Å². The quantitative estimate of drug-likeness (QED) is 0.615. The molecule has 0 aromatic rings. The predicted octanol–water partition coefficient (Wildman–Crippen LogP) is 0.612. The van der Waals surface area contributed by atoms with E-state index >= 15 is 0 Å². The summed E-state index contributed by atoms with van der Waals surface area (Å²) in [6.07, 6.45) is 0.124. The van der Waals surface area contributed by atoms with E-state index in [0.717, 1.165) is 0 Å². The summed E-state index contributed by atoms with van der Waals surface area (Å²) in [6, 6.07) is 0. The summed E-state index contributed by atoms with van der Waals surface area (Å²) in [6.45, 7) is 1.19. The summed E-state index contributed by atoms with van der Waals surface area (Å²) in [4.78, 5) is 0. The van der Waals surface area contributed by atoms with Gasteiger partial charge in [-0.05, 0) is 18.9 Å². The van der Waals surface area contributed by atoms with Gasteiger partial charge in [-0.3, -0.25) is 0 Å². The number of alkyl halides is 2. The van der Waals surface area contributed by atoms with Crippen LogP contribution in [0.25, 0.3) is 0 Å². The van der Waals surface area contributed by atoms with Crippen molar-refractivity contribution in [1.29, 1.82) is 0 Å². The Morgan fingerprint density at radius 3 is 2.50 bits per heavy atom. The van der Waals surface area contributed by atoms with Crippen molar-refractivity contribution in [1.82, 2.24) is 5.32 Å². The number of halogens is 2. The number of hydrogen-bond acceptors (Lipinski definition) is 2. The zero-order chi connectivity index (χ0) is 8.77. The van der Waals surface area contributed by atoms with E-state index in [4.69, 9.17) is 0 Å². The minimum absolute atomic E-state index is 0.0199. The number of piperidine rings is 1. The number of hydrogen-bond donors (Lipinski definition) is 2. The van der Waals surface area contributed by atoms with Crippen LogP contribution in [0.15, 0.2) is 0 Å². The lowest BCUT2D eigenvalue weighted by Crippen LogP contribution is -2.40. The molecule has 0 radical (unpaired) electrons. The Hall–Kier alpha value is -0.220. The smallest absolute Gasteiger partial charge is 0.251 e. The van der Waals surface area contributed by atoms with Gasteiger partial charge in [0.05, 0.1) is 6.10 Å². The van der Waals surface area contributed by atoms with Gasteiger partial charge in [-0.2, -0.15) is 0 Å². The van der Waals surface area contributed by atoms with Crippen LogP contribution >= 0.6 is 0 Å². The number of aliphatic hydroxyl groups excluding tert-OH is 1. The second-order valence-electron chi connectivity index (χ2n) is 3.88. The monoisotopic (exact) mass is 177 g/mol. The Morgan fingerprint density at radius 2 is 2.00 bits per heavy atom. The van der Waals surface area contributed by atoms with E-state index in [1.807, 2.05) is 0 Å². The van der Waals surface area contributed by atoms with Crippen LogP contribution in [0.3, 0.4) is 0 Å². The predicted molar refractivity (Wildman–Crippen MR) is 40.0 cm³/mol. The highest BCUT2D eigenvalue weighted by atomic mass is 19.3. The first kappa shape index (κ1) is 8.38. The van der Waals surface area contributed by atoms with Gasteiger partial charge in [0, 0.05) is 18.9 Å². The summed E-state index contributed by atoms with van der Waals surface area (Å²) in [5.74, 6) is -2.94. The fourth-order valence-electron chi connectivity index (χ4n) is 2.00. The van der Waals surface area contributed by atoms with E-state index in [9.17, 15) is 13.9 Å². The third-order valence-electron chi connectivity index (χ3n) is 2.80. The standard InChI is InChI=1S/C8H13F2NO/c9-8(10)2-7(8)5-1-6(12)4-11-3-5/h5-7,11-12H,1-4H2/t5-,6+,7?/m1/s1. The number of β-amino-alcohol motifs (C(OH)–C–C–N with tert-alkyl or cyclic N) is 1. The maximum Gasteiger partial charge on any atom is 0.251 e. The second kappa shape index (κ2) is 2.64. The summed E-state index contributed by atoms with van der Waals surface area (Å²) in [5.41, 5.74) is 0. The lowest BCUT2D eigenvalue weighted by Gasteiger charge is -2.26. The van der Waals surface area contributed by atoms with Crippen molar-refractivity contribution < 1.29 is 13.9 Å². The average Bonchev–Trinajstić information content (AvgIpc) is 2.60. The summed E-state index contributed by atoms with van der Waals surface area (Å²) < 4.78 is 25.2. The fourth-order valence-corrected chi connectivity index (χ4v) is 2.00. The Bertz CT molecular complexity index is 186. The fraction of sp³-hybridized carbons (Fsp3) is 1.00. The highest BCUT2D eigenvalue weighted by Gasteiger charge is 2.60. The van der Waals surface area contributed by atoms with Crippen LogP contribution in [0.2, 0.25) is 0 Å². The molecule has 1 aliphatic heterocycles. The van der Waals surface area contributed by atoms with Gasteiger partial charge in [-0.15, -0.1) is 0 Å². The molecule has 1 heterocycles. The van der Waals surface area contributed by atoms with Gasteiger partial charge in [-0.1, -0.05) is 0 Å². The van der Waals surface area contributed by atoms with Crippen LogP contribution in [0, 0.1) is 11.8 Å². The van der Waals surface area contributed by atoms with E-state index in [0.29, 0.717) is 19.5 Å². The van der Waals surface area contributed by atoms with Crippen LogP contribution < -0.4 is 5.32 Å². The second-order valence-corrected chi connectivity index (χ2v) is 3.88. The molecule has 3 atom stereocenters. The Labute approximate surface area is 70.0 Å². The number of rotatable bonds is 1. The minimum Gasteiger partial charge on any atom is -0.392 e. The maximum atomic E-state index is 12.6. The topological polar surface area (TPSA) is 32.3 Å². The van der Waals surface area contributed by atoms with E-state index in [2.05, 4.69) is 5.32 Å². The highest BCUT2D eigenvalue weighted by Crippen LogP contribution is 2.54. The molecule has 0 amide bonds. The van der Waals surface area contributed by atoms with Crippen molar-refractivity contribution in [3.8, 4) is 0 Å². The van der Waals surface area contributed by atoms with Crippen LogP contribution in [0.4, 0.5) is 8.78 Å². The van der Waals surface area contributed by atoms with Crippen molar-refractivity contribution in [2.75, 3.05) is 13.1 Å². The first-order chi connectivity index (χ1) is 5.59. The number of nitrogens with one attached hydrogen (secondary N) is 1. The molecule has 1 unspecified atom stereocenters. The average molecular weight is 177 g/mol. The Morgan fingerprint density at radius 1 is 1.33 bits per heavy atom. The molecule has 2 N–H and O–H groups in total.